The molecule has 0 radical (unpaired) electrons. The topological polar surface area (TPSA) is 64.3 Å². The van der Waals surface area contributed by atoms with E-state index in [2.05, 4.69) is 37.2 Å². The average molecular weight is 400 g/mol. The Kier molecular flexibility index (Phi) is 4.67. The maximum absolute atomic E-state index is 12.2. The molecule has 0 saturated heterocycles. The zero-order valence-corrected chi connectivity index (χ0v) is 13.8. The molecule has 0 aliphatic rings. The largest absolute Gasteiger partial charge is 0.497 e. The number of amides is 1. The summed E-state index contributed by atoms with van der Waals surface area (Å²) >= 11 is 6.68. The Morgan fingerprint density at radius 3 is 2.70 bits per heavy atom. The highest BCUT2D eigenvalue weighted by atomic mass is 79.9. The molecule has 104 valence electrons. The molecule has 0 heterocycles. The second-order valence-electron chi connectivity index (χ2n) is 4.04. The molecule has 4 nitrogen and oxygen atoms in total. The number of nitrogens with two attached hydrogens (primary N) is 1. The third-order valence-electron chi connectivity index (χ3n) is 2.64. The fourth-order valence-corrected chi connectivity index (χ4v) is 2.59. The van der Waals surface area contributed by atoms with Crippen LogP contribution in [-0.4, -0.2) is 13.0 Å². The van der Waals surface area contributed by atoms with E-state index in [1.807, 2.05) is 6.07 Å². The molecule has 2 rings (SSSR count). The molecule has 2 aromatic rings. The summed E-state index contributed by atoms with van der Waals surface area (Å²) in [5.74, 6) is 0.408. The molecule has 1 amide bonds. The average Bonchev–Trinajstić information content (AvgIpc) is 2.41. The second-order valence-corrected chi connectivity index (χ2v) is 5.75. The highest BCUT2D eigenvalue weighted by Gasteiger charge is 2.12. The maximum Gasteiger partial charge on any atom is 0.256 e. The minimum absolute atomic E-state index is 0.246. The lowest BCUT2D eigenvalue weighted by atomic mass is 10.2. The Balaban J connectivity index is 2.28. The van der Waals surface area contributed by atoms with Gasteiger partial charge >= 0.3 is 0 Å². The van der Waals surface area contributed by atoms with Crippen molar-refractivity contribution in [2.45, 2.75) is 0 Å². The van der Waals surface area contributed by atoms with Crippen LogP contribution in [0.2, 0.25) is 0 Å². The highest BCUT2D eigenvalue weighted by molar-refractivity contribution is 9.11. The molecule has 0 spiro atoms. The van der Waals surface area contributed by atoms with Crippen LogP contribution in [0.25, 0.3) is 0 Å². The summed E-state index contributed by atoms with van der Waals surface area (Å²) in [4.78, 5) is 12.2. The summed E-state index contributed by atoms with van der Waals surface area (Å²) < 4.78 is 6.56. The van der Waals surface area contributed by atoms with Gasteiger partial charge in [0.05, 0.1) is 17.1 Å². The van der Waals surface area contributed by atoms with Crippen molar-refractivity contribution in [3.05, 3.63) is 50.9 Å². The first-order valence-corrected chi connectivity index (χ1v) is 7.30. The van der Waals surface area contributed by atoms with Crippen molar-refractivity contribution < 1.29 is 9.53 Å². The van der Waals surface area contributed by atoms with Crippen LogP contribution in [0.3, 0.4) is 0 Å². The van der Waals surface area contributed by atoms with Crippen molar-refractivity contribution in [1.29, 1.82) is 0 Å². The number of carbonyl (C=O) groups excluding carboxylic acids is 1. The molecule has 0 aliphatic heterocycles. The minimum atomic E-state index is -0.246. The van der Waals surface area contributed by atoms with Crippen LogP contribution < -0.4 is 15.8 Å². The van der Waals surface area contributed by atoms with Gasteiger partial charge in [0.2, 0.25) is 0 Å². The molecule has 0 unspecified atom stereocenters. The summed E-state index contributed by atoms with van der Waals surface area (Å²) in [6.45, 7) is 0. The van der Waals surface area contributed by atoms with Gasteiger partial charge in [-0.1, -0.05) is 22.0 Å². The summed E-state index contributed by atoms with van der Waals surface area (Å²) in [6, 6.07) is 10.5. The lowest BCUT2D eigenvalue weighted by Gasteiger charge is -2.10. The smallest absolute Gasteiger partial charge is 0.256 e. The lowest BCUT2D eigenvalue weighted by Crippen LogP contribution is -2.13. The normalized spacial score (nSPS) is 10.2. The van der Waals surface area contributed by atoms with Crippen LogP contribution in [-0.2, 0) is 0 Å². The van der Waals surface area contributed by atoms with Gasteiger partial charge in [-0.3, -0.25) is 4.79 Å². The quantitative estimate of drug-likeness (QED) is 0.765. The predicted octanol–water partition coefficient (Wildman–Crippen LogP) is 4.05. The van der Waals surface area contributed by atoms with Crippen molar-refractivity contribution in [3.63, 3.8) is 0 Å². The molecule has 0 fully saturated rings. The van der Waals surface area contributed by atoms with Crippen molar-refractivity contribution in [1.82, 2.24) is 0 Å². The molecule has 0 saturated carbocycles. The number of nitrogens with one attached hydrogen (secondary N) is 1. The zero-order chi connectivity index (χ0) is 14.7. The van der Waals surface area contributed by atoms with E-state index in [4.69, 9.17) is 10.5 Å². The SMILES string of the molecule is COc1cc(Br)cc(NC(=O)c2cccc(N)c2Br)c1. The fraction of sp³-hybridized carbons (Fsp3) is 0.0714. The van der Waals surface area contributed by atoms with Crippen LogP contribution >= 0.6 is 31.9 Å². The molecule has 6 heteroatoms. The molecular weight excluding hydrogens is 388 g/mol. The first kappa shape index (κ1) is 14.9. The summed E-state index contributed by atoms with van der Waals surface area (Å²) in [7, 11) is 1.57. The van der Waals surface area contributed by atoms with Gasteiger partial charge in [-0.25, -0.2) is 0 Å². The van der Waals surface area contributed by atoms with Gasteiger partial charge in [-0.2, -0.15) is 0 Å². The minimum Gasteiger partial charge on any atom is -0.497 e. The van der Waals surface area contributed by atoms with Crippen molar-refractivity contribution in [2.24, 2.45) is 0 Å². The summed E-state index contributed by atoms with van der Waals surface area (Å²) in [6.07, 6.45) is 0. The monoisotopic (exact) mass is 398 g/mol. The Hall–Kier alpha value is -1.53. The number of hydrogen-bond acceptors (Lipinski definition) is 3. The van der Waals surface area contributed by atoms with Gasteiger partial charge in [-0.05, 0) is 40.2 Å². The van der Waals surface area contributed by atoms with Gasteiger partial charge < -0.3 is 15.8 Å². The Morgan fingerprint density at radius 2 is 2.00 bits per heavy atom. The van der Waals surface area contributed by atoms with Crippen molar-refractivity contribution >= 4 is 49.1 Å². The van der Waals surface area contributed by atoms with Crippen LogP contribution in [0.4, 0.5) is 11.4 Å². The lowest BCUT2D eigenvalue weighted by molar-refractivity contribution is 0.102. The van der Waals surface area contributed by atoms with E-state index >= 15 is 0 Å². The third kappa shape index (κ3) is 3.32. The predicted molar refractivity (Wildman–Crippen MR) is 87.2 cm³/mol. The van der Waals surface area contributed by atoms with E-state index in [0.717, 1.165) is 4.47 Å². The van der Waals surface area contributed by atoms with Gasteiger partial charge in [0.15, 0.2) is 0 Å². The molecule has 0 bridgehead atoms. The van der Waals surface area contributed by atoms with Crippen molar-refractivity contribution in [3.8, 4) is 5.75 Å². The van der Waals surface area contributed by atoms with Gasteiger partial charge in [0.1, 0.15) is 5.75 Å². The van der Waals surface area contributed by atoms with Crippen LogP contribution in [0.1, 0.15) is 10.4 Å². The summed E-state index contributed by atoms with van der Waals surface area (Å²) in [5, 5.41) is 2.81. The standard InChI is InChI=1S/C14H12Br2N2O2/c1-20-10-6-8(15)5-9(7-10)18-14(19)11-3-2-4-12(17)13(11)16/h2-7H,17H2,1H3,(H,18,19). The molecular formula is C14H12Br2N2O2. The maximum atomic E-state index is 12.2. The third-order valence-corrected chi connectivity index (χ3v) is 3.98. The van der Waals surface area contributed by atoms with Gasteiger partial charge in [0, 0.05) is 21.9 Å². The number of ether oxygens (including phenoxy) is 1. The Morgan fingerprint density at radius 1 is 1.25 bits per heavy atom. The number of benzene rings is 2. The van der Waals surface area contributed by atoms with Crippen LogP contribution in [0.15, 0.2) is 45.3 Å². The molecule has 3 N–H and O–H groups in total. The van der Waals surface area contributed by atoms with Gasteiger partial charge in [-0.15, -0.1) is 0 Å². The van der Waals surface area contributed by atoms with Crippen molar-refractivity contribution in [2.75, 3.05) is 18.2 Å². The van der Waals surface area contributed by atoms with E-state index in [1.165, 1.54) is 0 Å². The number of rotatable bonds is 3. The number of anilines is 2. The van der Waals surface area contributed by atoms with Crippen LogP contribution in [0.5, 0.6) is 5.75 Å². The molecule has 0 aromatic heterocycles. The molecule has 20 heavy (non-hydrogen) atoms. The second kappa shape index (κ2) is 6.28. The van der Waals surface area contributed by atoms with Gasteiger partial charge in [0.25, 0.3) is 5.91 Å². The number of nitrogen functional groups attached to an aromatic ring is 1. The molecule has 0 aliphatic carbocycles. The molecule has 0 atom stereocenters. The number of halogens is 2. The summed E-state index contributed by atoms with van der Waals surface area (Å²) in [5.41, 5.74) is 7.40. The number of hydrogen-bond donors (Lipinski definition) is 2. The van der Waals surface area contributed by atoms with E-state index in [-0.39, 0.29) is 5.91 Å². The van der Waals surface area contributed by atoms with E-state index in [9.17, 15) is 4.79 Å². The number of methoxy groups -OCH3 is 1. The Bertz CT molecular complexity index is 660. The van der Waals surface area contributed by atoms with E-state index < -0.39 is 0 Å². The highest BCUT2D eigenvalue weighted by Crippen LogP contribution is 2.27. The van der Waals surface area contributed by atoms with E-state index in [1.54, 1.807) is 37.4 Å². The first-order chi connectivity index (χ1) is 9.51. The number of carbonyl (C=O) groups is 1. The molecule has 2 aromatic carbocycles. The fourth-order valence-electron chi connectivity index (χ4n) is 1.68. The zero-order valence-electron chi connectivity index (χ0n) is 10.6. The van der Waals surface area contributed by atoms with Crippen LogP contribution in [0, 0.1) is 0 Å². The van der Waals surface area contributed by atoms with E-state index in [0.29, 0.717) is 27.2 Å². The first-order valence-electron chi connectivity index (χ1n) is 5.71. The Labute approximate surface area is 133 Å².